The highest BCUT2D eigenvalue weighted by Gasteiger charge is 2.16. The smallest absolute Gasteiger partial charge is 0.185 e. The zero-order valence-electron chi connectivity index (χ0n) is 13.6. The number of hydrogen-bond donors (Lipinski definition) is 1. The van der Waals surface area contributed by atoms with Crippen LogP contribution in [0.5, 0.6) is 0 Å². The lowest BCUT2D eigenvalue weighted by Crippen LogP contribution is -2.34. The number of nitrogens with zero attached hydrogens (tertiary/aromatic N) is 3. The normalized spacial score (nSPS) is 11.6. The van der Waals surface area contributed by atoms with Gasteiger partial charge in [0.05, 0.1) is 5.69 Å². The molecule has 0 aliphatic rings. The van der Waals surface area contributed by atoms with E-state index in [4.69, 9.17) is 10.7 Å². The van der Waals surface area contributed by atoms with Crippen molar-refractivity contribution in [2.75, 3.05) is 38.6 Å². The molecule has 0 aliphatic heterocycles. The molecule has 20 heavy (non-hydrogen) atoms. The van der Waals surface area contributed by atoms with Crippen LogP contribution in [-0.2, 0) is 13.0 Å². The molecule has 0 saturated carbocycles. The molecule has 1 aromatic heterocycles. The molecule has 1 rings (SSSR count). The van der Waals surface area contributed by atoms with Gasteiger partial charge >= 0.3 is 0 Å². The van der Waals surface area contributed by atoms with Crippen LogP contribution in [0.4, 0.5) is 5.13 Å². The third-order valence-electron chi connectivity index (χ3n) is 3.11. The second-order valence-corrected chi connectivity index (χ2v) is 7.03. The first kappa shape index (κ1) is 17.4. The maximum absolute atomic E-state index is 5.86. The summed E-state index contributed by atoms with van der Waals surface area (Å²) in [5.74, 6) is 0.636. The minimum atomic E-state index is 0.607. The van der Waals surface area contributed by atoms with Crippen molar-refractivity contribution in [1.82, 2.24) is 9.88 Å². The number of aryl methyl sites for hydroxylation is 1. The molecule has 0 amide bonds. The van der Waals surface area contributed by atoms with Crippen LogP contribution < -0.4 is 10.6 Å². The van der Waals surface area contributed by atoms with E-state index >= 15 is 0 Å². The Morgan fingerprint density at radius 2 is 1.95 bits per heavy atom. The zero-order valence-corrected chi connectivity index (χ0v) is 14.5. The lowest BCUT2D eigenvalue weighted by atomic mass is 10.2. The monoisotopic (exact) mass is 298 g/mol. The first-order valence-corrected chi connectivity index (χ1v) is 8.37. The fourth-order valence-electron chi connectivity index (χ4n) is 2.12. The van der Waals surface area contributed by atoms with Crippen molar-refractivity contribution in [2.45, 2.75) is 40.2 Å². The Labute approximate surface area is 128 Å². The van der Waals surface area contributed by atoms with E-state index in [1.807, 2.05) is 0 Å². The first-order chi connectivity index (χ1) is 9.47. The number of thiazole rings is 1. The summed E-state index contributed by atoms with van der Waals surface area (Å²) in [4.78, 5) is 10.7. The number of nitrogens with two attached hydrogens (primary N) is 1. The molecule has 0 saturated heterocycles. The SMILES string of the molecule is CCCc1nc(N(CCN(C)C)CC(C)C)sc1CN. The molecule has 0 aromatic carbocycles. The molecule has 4 nitrogen and oxygen atoms in total. The summed E-state index contributed by atoms with van der Waals surface area (Å²) in [6.07, 6.45) is 2.16. The summed E-state index contributed by atoms with van der Waals surface area (Å²) < 4.78 is 0. The number of likely N-dealkylation sites (N-methyl/N-ethyl adjacent to an activating group) is 1. The van der Waals surface area contributed by atoms with E-state index in [0.29, 0.717) is 12.5 Å². The summed E-state index contributed by atoms with van der Waals surface area (Å²) in [6, 6.07) is 0. The Morgan fingerprint density at radius 1 is 1.25 bits per heavy atom. The van der Waals surface area contributed by atoms with Gasteiger partial charge in [-0.3, -0.25) is 0 Å². The van der Waals surface area contributed by atoms with Crippen molar-refractivity contribution >= 4 is 16.5 Å². The van der Waals surface area contributed by atoms with Crippen molar-refractivity contribution in [1.29, 1.82) is 0 Å². The average molecular weight is 299 g/mol. The Bertz CT molecular complexity index is 387. The van der Waals surface area contributed by atoms with E-state index in [1.165, 1.54) is 10.6 Å². The summed E-state index contributed by atoms with van der Waals surface area (Å²) in [5, 5.41) is 1.14. The topological polar surface area (TPSA) is 45.4 Å². The predicted molar refractivity (Wildman–Crippen MR) is 89.6 cm³/mol. The van der Waals surface area contributed by atoms with Gasteiger partial charge in [-0.15, -0.1) is 11.3 Å². The molecule has 0 atom stereocenters. The van der Waals surface area contributed by atoms with E-state index < -0.39 is 0 Å². The molecule has 1 aromatic rings. The van der Waals surface area contributed by atoms with Gasteiger partial charge in [0.2, 0.25) is 0 Å². The minimum Gasteiger partial charge on any atom is -0.347 e. The van der Waals surface area contributed by atoms with Gasteiger partial charge in [0.15, 0.2) is 5.13 Å². The lowest BCUT2D eigenvalue weighted by molar-refractivity contribution is 0.409. The highest BCUT2D eigenvalue weighted by molar-refractivity contribution is 7.15. The van der Waals surface area contributed by atoms with Crippen LogP contribution in [0.15, 0.2) is 0 Å². The molecule has 116 valence electrons. The van der Waals surface area contributed by atoms with E-state index in [-0.39, 0.29) is 0 Å². The summed E-state index contributed by atoms with van der Waals surface area (Å²) in [7, 11) is 4.23. The Kier molecular flexibility index (Phi) is 7.48. The van der Waals surface area contributed by atoms with Gasteiger partial charge < -0.3 is 15.5 Å². The summed E-state index contributed by atoms with van der Waals surface area (Å²) >= 11 is 1.77. The van der Waals surface area contributed by atoms with Crippen LogP contribution in [0, 0.1) is 5.92 Å². The molecule has 0 bridgehead atoms. The maximum Gasteiger partial charge on any atom is 0.185 e. The third kappa shape index (κ3) is 5.38. The van der Waals surface area contributed by atoms with Gasteiger partial charge in [0, 0.05) is 31.1 Å². The Balaban J connectivity index is 2.88. The standard InChI is InChI=1S/C15H30N4S/c1-6-7-13-14(10-16)20-15(17-13)19(11-12(2)3)9-8-18(4)5/h12H,6-11,16H2,1-5H3. The van der Waals surface area contributed by atoms with E-state index in [9.17, 15) is 0 Å². The van der Waals surface area contributed by atoms with E-state index in [1.54, 1.807) is 11.3 Å². The second-order valence-electron chi connectivity index (χ2n) is 5.96. The second kappa shape index (κ2) is 8.60. The zero-order chi connectivity index (χ0) is 15.1. The van der Waals surface area contributed by atoms with Gasteiger partial charge in [0.1, 0.15) is 0 Å². The number of rotatable bonds is 9. The van der Waals surface area contributed by atoms with Crippen molar-refractivity contribution < 1.29 is 0 Å². The van der Waals surface area contributed by atoms with Crippen molar-refractivity contribution in [3.8, 4) is 0 Å². The lowest BCUT2D eigenvalue weighted by Gasteiger charge is -2.25. The molecule has 0 aliphatic carbocycles. The summed E-state index contributed by atoms with van der Waals surface area (Å²) in [6.45, 7) is 10.4. The number of anilines is 1. The van der Waals surface area contributed by atoms with Crippen LogP contribution in [0.25, 0.3) is 0 Å². The molecule has 1 heterocycles. The van der Waals surface area contributed by atoms with Crippen molar-refractivity contribution in [3.05, 3.63) is 10.6 Å². The quantitative estimate of drug-likeness (QED) is 0.761. The highest BCUT2D eigenvalue weighted by atomic mass is 32.1. The molecule has 0 unspecified atom stereocenters. The van der Waals surface area contributed by atoms with Crippen molar-refractivity contribution in [2.24, 2.45) is 11.7 Å². The Morgan fingerprint density at radius 3 is 2.45 bits per heavy atom. The molecule has 0 spiro atoms. The van der Waals surface area contributed by atoms with Crippen LogP contribution in [0.3, 0.4) is 0 Å². The van der Waals surface area contributed by atoms with Gasteiger partial charge in [-0.05, 0) is 26.4 Å². The predicted octanol–water partition coefficient (Wildman–Crippen LogP) is 2.58. The number of aromatic nitrogens is 1. The fraction of sp³-hybridized carbons (Fsp3) is 0.800. The summed E-state index contributed by atoms with van der Waals surface area (Å²) in [5.41, 5.74) is 7.06. The molecule has 0 radical (unpaired) electrons. The average Bonchev–Trinajstić information content (AvgIpc) is 2.77. The van der Waals surface area contributed by atoms with Crippen LogP contribution >= 0.6 is 11.3 Å². The third-order valence-corrected chi connectivity index (χ3v) is 4.29. The van der Waals surface area contributed by atoms with Gasteiger partial charge in [0.25, 0.3) is 0 Å². The maximum atomic E-state index is 5.86. The number of hydrogen-bond acceptors (Lipinski definition) is 5. The minimum absolute atomic E-state index is 0.607. The fourth-order valence-corrected chi connectivity index (χ4v) is 3.14. The van der Waals surface area contributed by atoms with E-state index in [0.717, 1.165) is 37.6 Å². The molecular weight excluding hydrogens is 268 g/mol. The molecule has 2 N–H and O–H groups in total. The first-order valence-electron chi connectivity index (χ1n) is 7.56. The largest absolute Gasteiger partial charge is 0.347 e. The van der Waals surface area contributed by atoms with Crippen molar-refractivity contribution in [3.63, 3.8) is 0 Å². The van der Waals surface area contributed by atoms with Gasteiger partial charge in [-0.25, -0.2) is 4.98 Å². The van der Waals surface area contributed by atoms with E-state index in [2.05, 4.69) is 44.7 Å². The molecule has 0 fully saturated rings. The molecule has 5 heteroatoms. The van der Waals surface area contributed by atoms with Crippen LogP contribution in [0.2, 0.25) is 0 Å². The molecular formula is C15H30N4S. The van der Waals surface area contributed by atoms with Crippen LogP contribution in [0.1, 0.15) is 37.8 Å². The van der Waals surface area contributed by atoms with Crippen LogP contribution in [-0.4, -0.2) is 43.6 Å². The Hall–Kier alpha value is -0.650. The van der Waals surface area contributed by atoms with Gasteiger partial charge in [-0.2, -0.15) is 0 Å². The highest BCUT2D eigenvalue weighted by Crippen LogP contribution is 2.27. The van der Waals surface area contributed by atoms with Gasteiger partial charge in [-0.1, -0.05) is 27.2 Å².